The summed E-state index contributed by atoms with van der Waals surface area (Å²) in [6.07, 6.45) is 6.82. The second-order valence-corrected chi connectivity index (χ2v) is 11.3. The number of ketones is 1. The first-order valence-electron chi connectivity index (χ1n) is 14.4. The van der Waals surface area contributed by atoms with Crippen molar-refractivity contribution in [2.75, 3.05) is 0 Å². The molecule has 0 amide bonds. The van der Waals surface area contributed by atoms with E-state index in [0.29, 0.717) is 0 Å². The van der Waals surface area contributed by atoms with Crippen molar-refractivity contribution in [2.45, 2.75) is 86.5 Å². The standard InChI is InChI=1S/C22H18NO.C13H24O2.Ir/c1-12-9-10-16-17-18-19(23-11-13(2)21(18)24-20(12)17)14-7-5-6-8-15(14)22(16,3)4;1-5-10(6-2)12(14)9-13(15)11(7-3)8-4;/h5-6,8-11H,1-4H3;9-11,14H,5-8H2,1-4H3;/q-1;;/b;12-9-;. The van der Waals surface area contributed by atoms with Crippen LogP contribution in [0.25, 0.3) is 33.2 Å². The molecule has 4 nitrogen and oxygen atoms in total. The summed E-state index contributed by atoms with van der Waals surface area (Å²) in [4.78, 5) is 16.5. The number of pyridine rings is 1. The van der Waals surface area contributed by atoms with E-state index >= 15 is 0 Å². The van der Waals surface area contributed by atoms with Crippen LogP contribution in [0.2, 0.25) is 0 Å². The molecule has 0 fully saturated rings. The van der Waals surface area contributed by atoms with Gasteiger partial charge in [0.2, 0.25) is 0 Å². The Morgan fingerprint density at radius 2 is 1.57 bits per heavy atom. The van der Waals surface area contributed by atoms with Crippen LogP contribution in [0.5, 0.6) is 0 Å². The van der Waals surface area contributed by atoms with E-state index in [4.69, 9.17) is 9.40 Å². The van der Waals surface area contributed by atoms with Gasteiger partial charge in [-0.15, -0.1) is 35.4 Å². The van der Waals surface area contributed by atoms with Crippen LogP contribution in [0.1, 0.15) is 89.5 Å². The van der Waals surface area contributed by atoms with E-state index in [0.717, 1.165) is 59.1 Å². The molecule has 0 aliphatic heterocycles. The third-order valence-electron chi connectivity index (χ3n) is 8.54. The van der Waals surface area contributed by atoms with Crippen LogP contribution in [0.3, 0.4) is 0 Å². The SMILES string of the molecule is CCC(CC)C(=O)/C=C(\O)C(CC)CC.Cc1ccc2c3c1oc1c(C)cnc(c13)-c1[c-]cccc1C2(C)C.[Ir]. The Kier molecular flexibility index (Phi) is 10.2. The van der Waals surface area contributed by atoms with E-state index in [1.165, 1.54) is 28.2 Å². The zero-order valence-corrected chi connectivity index (χ0v) is 27.5. The van der Waals surface area contributed by atoms with Crippen molar-refractivity contribution in [1.82, 2.24) is 4.98 Å². The molecule has 40 heavy (non-hydrogen) atoms. The monoisotopic (exact) mass is 717 g/mol. The zero-order valence-electron chi connectivity index (χ0n) is 25.1. The van der Waals surface area contributed by atoms with E-state index in [9.17, 15) is 9.90 Å². The molecule has 4 aromatic rings. The number of hydrogen-bond donors (Lipinski definition) is 1. The molecule has 1 N–H and O–H groups in total. The summed E-state index contributed by atoms with van der Waals surface area (Å²) in [7, 11) is 0. The van der Waals surface area contributed by atoms with Crippen LogP contribution >= 0.6 is 0 Å². The maximum Gasteiger partial charge on any atom is 0.162 e. The normalized spacial score (nSPS) is 13.7. The Bertz CT molecular complexity index is 1540. The van der Waals surface area contributed by atoms with Crippen LogP contribution in [-0.2, 0) is 30.3 Å². The number of fused-ring (bicyclic) bond motifs is 2. The van der Waals surface area contributed by atoms with Crippen molar-refractivity contribution < 1.29 is 34.4 Å². The molecule has 0 bridgehead atoms. The quantitative estimate of drug-likeness (QED) is 0.118. The first-order valence-corrected chi connectivity index (χ1v) is 14.4. The molecule has 0 saturated carbocycles. The Hall–Kier alpha value is -2.75. The number of rotatable bonds is 7. The summed E-state index contributed by atoms with van der Waals surface area (Å²) < 4.78 is 6.33. The number of hydrogen-bond acceptors (Lipinski definition) is 4. The topological polar surface area (TPSA) is 63.3 Å². The maximum absolute atomic E-state index is 11.7. The van der Waals surface area contributed by atoms with Crippen molar-refractivity contribution >= 4 is 27.7 Å². The summed E-state index contributed by atoms with van der Waals surface area (Å²) >= 11 is 0. The van der Waals surface area contributed by atoms with Gasteiger partial charge in [-0.25, -0.2) is 0 Å². The van der Waals surface area contributed by atoms with Gasteiger partial charge in [0.1, 0.15) is 11.2 Å². The Labute approximate surface area is 252 Å². The summed E-state index contributed by atoms with van der Waals surface area (Å²) in [6.45, 7) is 16.8. The van der Waals surface area contributed by atoms with Gasteiger partial charge < -0.3 is 14.5 Å². The number of aryl methyl sites for hydroxylation is 2. The minimum absolute atomic E-state index is 0. The van der Waals surface area contributed by atoms with E-state index in [-0.39, 0.29) is 48.9 Å². The number of furan rings is 1. The average Bonchev–Trinajstić information content (AvgIpc) is 3.30. The van der Waals surface area contributed by atoms with Gasteiger partial charge in [-0.1, -0.05) is 53.7 Å². The second-order valence-electron chi connectivity index (χ2n) is 11.3. The number of carbonyl (C=O) groups excluding carboxylic acids is 1. The number of benzene rings is 2. The minimum atomic E-state index is -0.134. The maximum atomic E-state index is 11.7. The van der Waals surface area contributed by atoms with Gasteiger partial charge in [0.25, 0.3) is 0 Å². The van der Waals surface area contributed by atoms with Crippen LogP contribution in [-0.4, -0.2) is 15.9 Å². The average molecular weight is 717 g/mol. The minimum Gasteiger partial charge on any atom is -0.512 e. The summed E-state index contributed by atoms with van der Waals surface area (Å²) in [6, 6.07) is 14.1. The molecule has 5 heteroatoms. The number of nitrogens with zero attached hydrogens (tertiary/aromatic N) is 1. The third kappa shape index (κ3) is 5.56. The second kappa shape index (κ2) is 12.8. The number of carbonyl (C=O) groups is 1. The van der Waals surface area contributed by atoms with Gasteiger partial charge in [0, 0.05) is 60.5 Å². The van der Waals surface area contributed by atoms with Crippen molar-refractivity contribution in [3.63, 3.8) is 0 Å². The summed E-state index contributed by atoms with van der Waals surface area (Å²) in [5, 5.41) is 12.1. The van der Waals surface area contributed by atoms with Crippen molar-refractivity contribution in [1.29, 1.82) is 0 Å². The molecule has 2 aromatic carbocycles. The van der Waals surface area contributed by atoms with E-state index < -0.39 is 0 Å². The molecule has 1 aliphatic carbocycles. The Balaban J connectivity index is 0.000000243. The molecule has 5 rings (SSSR count). The van der Waals surface area contributed by atoms with Crippen molar-refractivity contribution in [2.24, 2.45) is 11.8 Å². The first-order chi connectivity index (χ1) is 18.6. The van der Waals surface area contributed by atoms with Gasteiger partial charge in [-0.2, -0.15) is 0 Å². The summed E-state index contributed by atoms with van der Waals surface area (Å²) in [5.74, 6) is 0.547. The van der Waals surface area contributed by atoms with Gasteiger partial charge in [-0.3, -0.25) is 4.79 Å². The largest absolute Gasteiger partial charge is 0.512 e. The van der Waals surface area contributed by atoms with Gasteiger partial charge in [0.05, 0.1) is 5.76 Å². The molecule has 1 aliphatic rings. The van der Waals surface area contributed by atoms with Crippen LogP contribution < -0.4 is 0 Å². The molecule has 0 atom stereocenters. The molecule has 2 heterocycles. The predicted molar refractivity (Wildman–Crippen MR) is 161 cm³/mol. The number of aliphatic hydroxyl groups is 1. The predicted octanol–water partition coefficient (Wildman–Crippen LogP) is 9.57. The number of allylic oxidation sites excluding steroid dienone is 2. The Morgan fingerprint density at radius 3 is 2.20 bits per heavy atom. The van der Waals surface area contributed by atoms with Gasteiger partial charge in [-0.05, 0) is 61.8 Å². The van der Waals surface area contributed by atoms with E-state index in [1.54, 1.807) is 0 Å². The van der Waals surface area contributed by atoms with Gasteiger partial charge in [0.15, 0.2) is 5.78 Å². The van der Waals surface area contributed by atoms with Crippen molar-refractivity contribution in [3.8, 4) is 11.3 Å². The fraction of sp³-hybridized carbons (Fsp3) is 0.429. The van der Waals surface area contributed by atoms with E-state index in [2.05, 4.69) is 58.0 Å². The van der Waals surface area contributed by atoms with Crippen LogP contribution in [0.15, 0.2) is 52.8 Å². The number of aliphatic hydroxyl groups excluding tert-OH is 1. The Morgan fingerprint density at radius 1 is 0.950 bits per heavy atom. The van der Waals surface area contributed by atoms with Crippen LogP contribution in [0, 0.1) is 31.7 Å². The molecule has 2 aromatic heterocycles. The molecule has 0 unspecified atom stereocenters. The third-order valence-corrected chi connectivity index (χ3v) is 8.54. The molecule has 0 spiro atoms. The number of aromatic nitrogens is 1. The first kappa shape index (κ1) is 31.8. The fourth-order valence-electron chi connectivity index (χ4n) is 5.91. The van der Waals surface area contributed by atoms with Crippen molar-refractivity contribution in [3.05, 3.63) is 76.7 Å². The molecule has 215 valence electrons. The zero-order chi connectivity index (χ0) is 28.5. The molecular weight excluding hydrogens is 675 g/mol. The van der Waals surface area contributed by atoms with Gasteiger partial charge >= 0.3 is 0 Å². The molecule has 1 radical (unpaired) electrons. The summed E-state index contributed by atoms with van der Waals surface area (Å²) in [5.41, 5.74) is 8.69. The van der Waals surface area contributed by atoms with E-state index in [1.807, 2.05) is 40.0 Å². The molecular formula is C35H42IrNO3-. The smallest absolute Gasteiger partial charge is 0.162 e. The molecule has 0 saturated heterocycles. The van der Waals surface area contributed by atoms with Crippen LogP contribution in [0.4, 0.5) is 0 Å². The fourth-order valence-corrected chi connectivity index (χ4v) is 5.91.